The molecule has 0 amide bonds. The van der Waals surface area contributed by atoms with Crippen molar-refractivity contribution in [3.63, 3.8) is 0 Å². The maximum absolute atomic E-state index is 11.5. The molecule has 0 fully saturated rings. The molecule has 0 saturated carbocycles. The molecule has 0 radical (unpaired) electrons. The molecule has 0 aliphatic heterocycles. The molecule has 22 heavy (non-hydrogen) atoms. The molecule has 10 heteroatoms. The fraction of sp³-hybridized carbons (Fsp3) is 0.417. The predicted molar refractivity (Wildman–Crippen MR) is 83.0 cm³/mol. The van der Waals surface area contributed by atoms with Crippen LogP contribution < -0.4 is 0 Å². The summed E-state index contributed by atoms with van der Waals surface area (Å²) in [5.74, 6) is -0.979. The fourth-order valence-corrected chi connectivity index (χ4v) is 2.10. The molecule has 0 spiro atoms. The summed E-state index contributed by atoms with van der Waals surface area (Å²) in [6, 6.07) is 3.70. The van der Waals surface area contributed by atoms with Crippen LogP contribution in [0.25, 0.3) is 0 Å². The molecule has 121 valence electrons. The van der Waals surface area contributed by atoms with Gasteiger partial charge in [0.15, 0.2) is 0 Å². The van der Waals surface area contributed by atoms with E-state index < -0.39 is 26.8 Å². The molecule has 0 aliphatic rings. The van der Waals surface area contributed by atoms with E-state index in [0.717, 1.165) is 22.8 Å². The van der Waals surface area contributed by atoms with Crippen molar-refractivity contribution >= 4 is 33.9 Å². The van der Waals surface area contributed by atoms with Crippen LogP contribution in [0.15, 0.2) is 12.1 Å². The van der Waals surface area contributed by atoms with Crippen molar-refractivity contribution in [2.24, 2.45) is 0 Å². The molecule has 2 heterocycles. The van der Waals surface area contributed by atoms with Gasteiger partial charge in [0, 0.05) is 11.4 Å². The van der Waals surface area contributed by atoms with Crippen LogP contribution in [-0.4, -0.2) is 30.6 Å². The molecule has 0 aromatic carbocycles. The zero-order chi connectivity index (χ0) is 17.0. The van der Waals surface area contributed by atoms with Crippen LogP contribution in [0, 0.1) is 27.7 Å². The van der Waals surface area contributed by atoms with Crippen molar-refractivity contribution in [2.45, 2.75) is 33.9 Å². The number of rotatable bonds is 3. The summed E-state index contributed by atoms with van der Waals surface area (Å²) in [6.07, 6.45) is -0.938. The number of hydrogen-bond donors (Lipinski definition) is 1. The third-order valence-electron chi connectivity index (χ3n) is 2.77. The molecule has 1 N–H and O–H groups in total. The second kappa shape index (κ2) is 8.36. The van der Waals surface area contributed by atoms with Crippen LogP contribution in [0.5, 0.6) is 0 Å². The Labute approximate surface area is 146 Å². The number of nitrogens with zero attached hydrogens (tertiary/aromatic N) is 4. The predicted octanol–water partition coefficient (Wildman–Crippen LogP) is 3.51. The van der Waals surface area contributed by atoms with Gasteiger partial charge in [0.05, 0.1) is 11.4 Å². The maximum atomic E-state index is 11.5. The van der Waals surface area contributed by atoms with E-state index in [1.165, 1.54) is 9.36 Å². The Morgan fingerprint density at radius 1 is 1.05 bits per heavy atom. The van der Waals surface area contributed by atoms with Gasteiger partial charge in [-0.05, 0) is 39.8 Å². The number of carbonyl (C=O) groups is 1. The molecular formula is C12H16Cl3N4O2Ti. The molecule has 0 bridgehead atoms. The first-order valence-corrected chi connectivity index (χ1v) is 12.7. The standard InChI is InChI=1S/C12H16N4O2.3ClH.Ti/c1-7-5-9(3)15(13-7)11(12(17)18)16-10(4)6-8(2)14-16;;;;/h5-6,11H,1-4H3,(H,17,18);3*1H;/q;;;;+3/p-3. The number of aromatic nitrogens is 4. The summed E-state index contributed by atoms with van der Waals surface area (Å²) < 4.78 is 2.97. The van der Waals surface area contributed by atoms with E-state index >= 15 is 0 Å². The molecule has 0 atom stereocenters. The van der Waals surface area contributed by atoms with Crippen LogP contribution in [0.2, 0.25) is 0 Å². The van der Waals surface area contributed by atoms with Gasteiger partial charge in [-0.2, -0.15) is 10.2 Å². The molecule has 0 saturated heterocycles. The number of aryl methyl sites for hydroxylation is 4. The van der Waals surface area contributed by atoms with Crippen molar-refractivity contribution in [2.75, 3.05) is 0 Å². The number of carboxylic acid groups (broad SMARTS) is 1. The van der Waals surface area contributed by atoms with Gasteiger partial charge < -0.3 is 5.11 Å². The zero-order valence-electron chi connectivity index (χ0n) is 12.5. The normalized spacial score (nSPS) is 10.4. The molecule has 6 nitrogen and oxygen atoms in total. The molecule has 0 aliphatic carbocycles. The average molecular weight is 403 g/mol. The van der Waals surface area contributed by atoms with Gasteiger partial charge in [-0.25, -0.2) is 14.2 Å². The summed E-state index contributed by atoms with van der Waals surface area (Å²) in [6.45, 7) is 7.34. The van der Waals surface area contributed by atoms with Crippen LogP contribution in [0.1, 0.15) is 28.9 Å². The third kappa shape index (κ3) is 5.28. The Bertz CT molecular complexity index is 608. The molecule has 0 unspecified atom stereocenters. The first-order chi connectivity index (χ1) is 10.1. The average Bonchev–Trinajstić information content (AvgIpc) is 2.82. The van der Waals surface area contributed by atoms with Gasteiger partial charge in [-0.3, -0.25) is 0 Å². The van der Waals surface area contributed by atoms with Gasteiger partial charge in [-0.1, -0.05) is 0 Å². The van der Waals surface area contributed by atoms with Crippen molar-refractivity contribution in [1.29, 1.82) is 0 Å². The first kappa shape index (κ1) is 19.5. The summed E-state index contributed by atoms with van der Waals surface area (Å²) in [5, 5.41) is 17.9. The summed E-state index contributed by atoms with van der Waals surface area (Å²) in [7, 11) is 14.9. The summed E-state index contributed by atoms with van der Waals surface area (Å²) >= 11 is -1.92. The van der Waals surface area contributed by atoms with Gasteiger partial charge in [-0.15, -0.1) is 0 Å². The van der Waals surface area contributed by atoms with Crippen molar-refractivity contribution in [3.8, 4) is 0 Å². The van der Waals surface area contributed by atoms with E-state index in [1.54, 1.807) is 0 Å². The number of hydrogen-bond acceptors (Lipinski definition) is 3. The minimum absolute atomic E-state index is 0.792. The SMILES string of the molecule is Cc1cc(C)n(C(C(=O)O)n2nc(C)cc2C)n1.[Cl][Ti]([Cl])[Cl]. The first-order valence-electron chi connectivity index (χ1n) is 6.25. The number of halogens is 3. The summed E-state index contributed by atoms with van der Waals surface area (Å²) in [5.41, 5.74) is 3.18. The van der Waals surface area contributed by atoms with Gasteiger partial charge in [0.2, 0.25) is 6.17 Å². The Balaban J connectivity index is 0.000000541. The Morgan fingerprint density at radius 3 is 1.55 bits per heavy atom. The molecular weight excluding hydrogens is 386 g/mol. The Hall–Kier alpha value is -0.526. The molecule has 2 aromatic heterocycles. The van der Waals surface area contributed by atoms with Crippen LogP contribution in [0.4, 0.5) is 0 Å². The van der Waals surface area contributed by atoms with E-state index in [2.05, 4.69) is 10.2 Å². The van der Waals surface area contributed by atoms with Gasteiger partial charge in [0.1, 0.15) is 0 Å². The minimum atomic E-state index is -1.92. The van der Waals surface area contributed by atoms with E-state index in [9.17, 15) is 9.90 Å². The zero-order valence-corrected chi connectivity index (χ0v) is 16.3. The molecule has 2 rings (SSSR count). The summed E-state index contributed by atoms with van der Waals surface area (Å²) in [4.78, 5) is 11.5. The number of carboxylic acids is 1. The van der Waals surface area contributed by atoms with Crippen molar-refractivity contribution in [1.82, 2.24) is 19.6 Å². The quantitative estimate of drug-likeness (QED) is 0.798. The van der Waals surface area contributed by atoms with Crippen molar-refractivity contribution < 1.29 is 24.6 Å². The number of aliphatic carboxylic acids is 1. The third-order valence-corrected chi connectivity index (χ3v) is 2.77. The van der Waals surface area contributed by atoms with E-state index in [4.69, 9.17) is 27.9 Å². The van der Waals surface area contributed by atoms with Gasteiger partial charge in [0.25, 0.3) is 0 Å². The van der Waals surface area contributed by atoms with E-state index in [0.29, 0.717) is 0 Å². The van der Waals surface area contributed by atoms with E-state index in [1.807, 2.05) is 39.8 Å². The Morgan fingerprint density at radius 2 is 1.36 bits per heavy atom. The molecule has 2 aromatic rings. The second-order valence-corrected chi connectivity index (χ2v) is 12.4. The van der Waals surface area contributed by atoms with Crippen LogP contribution in [-0.2, 0) is 19.5 Å². The fourth-order valence-electron chi connectivity index (χ4n) is 2.10. The second-order valence-electron chi connectivity index (χ2n) is 4.67. The van der Waals surface area contributed by atoms with Crippen molar-refractivity contribution in [3.05, 3.63) is 34.9 Å². The van der Waals surface area contributed by atoms with Crippen LogP contribution >= 0.6 is 27.9 Å². The monoisotopic (exact) mass is 401 g/mol. The topological polar surface area (TPSA) is 72.9 Å². The van der Waals surface area contributed by atoms with E-state index in [-0.39, 0.29) is 0 Å². The Kier molecular flexibility index (Phi) is 7.42. The van der Waals surface area contributed by atoms with Crippen LogP contribution in [0.3, 0.4) is 0 Å². The van der Waals surface area contributed by atoms with Gasteiger partial charge >= 0.3 is 48.6 Å².